The lowest BCUT2D eigenvalue weighted by molar-refractivity contribution is -0.131. The molecule has 0 radical (unpaired) electrons. The van der Waals surface area contributed by atoms with Gasteiger partial charge in [0.25, 0.3) is 5.91 Å². The van der Waals surface area contributed by atoms with Crippen molar-refractivity contribution in [2.45, 2.75) is 18.8 Å². The van der Waals surface area contributed by atoms with E-state index in [1.165, 1.54) is 26.0 Å². The van der Waals surface area contributed by atoms with E-state index >= 15 is 0 Å². The van der Waals surface area contributed by atoms with Crippen molar-refractivity contribution in [1.29, 1.82) is 0 Å². The van der Waals surface area contributed by atoms with Gasteiger partial charge in [-0.15, -0.1) is 11.3 Å². The van der Waals surface area contributed by atoms with Crippen LogP contribution in [0.3, 0.4) is 0 Å². The number of rotatable bonds is 7. The second kappa shape index (κ2) is 10.1. The molecule has 2 aromatic carbocycles. The number of benzene rings is 2. The maximum Gasteiger partial charge on any atom is 0.251 e. The lowest BCUT2D eigenvalue weighted by Gasteiger charge is -2.31. The molecule has 2 amide bonds. The van der Waals surface area contributed by atoms with Crippen molar-refractivity contribution in [3.63, 3.8) is 0 Å². The number of carbonyl (C=O) groups is 2. The quantitative estimate of drug-likeness (QED) is 0.570. The van der Waals surface area contributed by atoms with Crippen LogP contribution in [0.15, 0.2) is 36.4 Å². The van der Waals surface area contributed by atoms with Crippen molar-refractivity contribution in [3.05, 3.63) is 47.0 Å². The Morgan fingerprint density at radius 2 is 1.73 bits per heavy atom. The third-order valence-electron chi connectivity index (χ3n) is 5.83. The molecule has 4 rings (SSSR count). The number of piperidine rings is 1. The molecule has 0 saturated carbocycles. The summed E-state index contributed by atoms with van der Waals surface area (Å²) in [5.74, 6) is 1.05. The van der Waals surface area contributed by atoms with Crippen LogP contribution in [0.4, 0.5) is 0 Å². The molecule has 1 saturated heterocycles. The van der Waals surface area contributed by atoms with E-state index in [9.17, 15) is 9.59 Å². The molecule has 0 spiro atoms. The third kappa shape index (κ3) is 4.88. The Hall–Kier alpha value is -3.33. The van der Waals surface area contributed by atoms with Gasteiger partial charge >= 0.3 is 0 Å². The van der Waals surface area contributed by atoms with Gasteiger partial charge in [-0.25, -0.2) is 4.98 Å². The molecule has 33 heavy (non-hydrogen) atoms. The van der Waals surface area contributed by atoms with Crippen LogP contribution in [0.1, 0.15) is 34.1 Å². The van der Waals surface area contributed by atoms with Gasteiger partial charge in [0.2, 0.25) is 11.7 Å². The molecule has 174 valence electrons. The van der Waals surface area contributed by atoms with E-state index < -0.39 is 0 Å². The first-order valence-electron chi connectivity index (χ1n) is 10.8. The van der Waals surface area contributed by atoms with E-state index in [1.807, 2.05) is 18.2 Å². The number of carbonyl (C=O) groups excluding carboxylic acids is 2. The molecule has 0 bridgehead atoms. The van der Waals surface area contributed by atoms with Gasteiger partial charge in [0, 0.05) is 24.6 Å². The van der Waals surface area contributed by atoms with Crippen molar-refractivity contribution >= 4 is 33.4 Å². The number of methoxy groups -OCH3 is 3. The largest absolute Gasteiger partial charge is 0.493 e. The number of hydrogen-bond donors (Lipinski definition) is 1. The van der Waals surface area contributed by atoms with Gasteiger partial charge in [0.05, 0.1) is 43.1 Å². The van der Waals surface area contributed by atoms with Gasteiger partial charge in [-0.3, -0.25) is 9.59 Å². The highest BCUT2D eigenvalue weighted by Crippen LogP contribution is 2.38. The van der Waals surface area contributed by atoms with Crippen molar-refractivity contribution in [2.75, 3.05) is 41.0 Å². The highest BCUT2D eigenvalue weighted by atomic mass is 32.1. The maximum absolute atomic E-state index is 12.7. The Morgan fingerprint density at radius 1 is 1.06 bits per heavy atom. The zero-order valence-corrected chi connectivity index (χ0v) is 19.7. The highest BCUT2D eigenvalue weighted by molar-refractivity contribution is 7.18. The number of amides is 2. The molecule has 0 unspecified atom stereocenters. The Bertz CT molecular complexity index is 1100. The van der Waals surface area contributed by atoms with Crippen molar-refractivity contribution in [1.82, 2.24) is 15.2 Å². The summed E-state index contributed by atoms with van der Waals surface area (Å²) < 4.78 is 17.1. The Balaban J connectivity index is 1.32. The summed E-state index contributed by atoms with van der Waals surface area (Å²) in [4.78, 5) is 31.9. The second-order valence-corrected chi connectivity index (χ2v) is 8.83. The molecule has 1 N–H and O–H groups in total. The molecule has 3 aromatic rings. The van der Waals surface area contributed by atoms with Crippen LogP contribution in [0, 0.1) is 0 Å². The minimum atomic E-state index is -0.382. The lowest BCUT2D eigenvalue weighted by atomic mass is 9.97. The van der Waals surface area contributed by atoms with Crippen LogP contribution in [0.5, 0.6) is 17.2 Å². The number of likely N-dealkylation sites (tertiary alicyclic amines) is 1. The van der Waals surface area contributed by atoms with Gasteiger partial charge in [0.1, 0.15) is 0 Å². The molecule has 0 atom stereocenters. The van der Waals surface area contributed by atoms with Crippen LogP contribution in [0.25, 0.3) is 10.2 Å². The third-order valence-corrected chi connectivity index (χ3v) is 7.03. The molecular formula is C24H27N3O5S. The van der Waals surface area contributed by atoms with E-state index in [0.717, 1.165) is 23.4 Å². The van der Waals surface area contributed by atoms with Gasteiger partial charge in [-0.2, -0.15) is 0 Å². The van der Waals surface area contributed by atoms with Gasteiger partial charge in [-0.05, 0) is 37.1 Å². The highest BCUT2D eigenvalue weighted by Gasteiger charge is 2.26. The number of ether oxygens (including phenoxy) is 3. The standard InChI is InChI=1S/C24H27N3O5S/c1-30-18-12-16(13-19(31-2)22(18)32-3)23(29)25-14-21(28)27-10-8-15(9-11-27)24-26-17-6-4-5-7-20(17)33-24/h4-7,12-13,15H,8-11,14H2,1-3H3,(H,25,29). The second-order valence-electron chi connectivity index (χ2n) is 7.77. The first-order chi connectivity index (χ1) is 16.0. The number of para-hydroxylation sites is 1. The number of nitrogens with zero attached hydrogens (tertiary/aromatic N) is 2. The minimum Gasteiger partial charge on any atom is -0.493 e. The summed E-state index contributed by atoms with van der Waals surface area (Å²) in [7, 11) is 4.47. The molecule has 8 nitrogen and oxygen atoms in total. The van der Waals surface area contributed by atoms with E-state index in [2.05, 4.69) is 11.4 Å². The van der Waals surface area contributed by atoms with Crippen LogP contribution in [-0.2, 0) is 4.79 Å². The molecule has 1 aromatic heterocycles. The summed E-state index contributed by atoms with van der Waals surface area (Å²) in [6.45, 7) is 1.24. The van der Waals surface area contributed by atoms with Crippen LogP contribution >= 0.6 is 11.3 Å². The topological polar surface area (TPSA) is 90.0 Å². The van der Waals surface area contributed by atoms with Crippen LogP contribution in [-0.4, -0.2) is 62.7 Å². The number of fused-ring (bicyclic) bond motifs is 1. The zero-order valence-electron chi connectivity index (χ0n) is 18.9. The SMILES string of the molecule is COc1cc(C(=O)NCC(=O)N2CCC(c3nc4ccccc4s3)CC2)cc(OC)c1OC. The first-order valence-corrected chi connectivity index (χ1v) is 11.6. The molecule has 1 aliphatic heterocycles. The van der Waals surface area contributed by atoms with E-state index in [-0.39, 0.29) is 18.4 Å². The van der Waals surface area contributed by atoms with E-state index in [4.69, 9.17) is 19.2 Å². The van der Waals surface area contributed by atoms with Crippen LogP contribution < -0.4 is 19.5 Å². The Labute approximate surface area is 196 Å². The van der Waals surface area contributed by atoms with Crippen LogP contribution in [0.2, 0.25) is 0 Å². The Morgan fingerprint density at radius 3 is 2.33 bits per heavy atom. The molecular weight excluding hydrogens is 442 g/mol. The molecule has 0 aliphatic carbocycles. The molecule has 2 heterocycles. The van der Waals surface area contributed by atoms with E-state index in [1.54, 1.807) is 28.4 Å². The average Bonchev–Trinajstić information content (AvgIpc) is 3.30. The van der Waals surface area contributed by atoms with Gasteiger partial charge < -0.3 is 24.4 Å². The van der Waals surface area contributed by atoms with Crippen molar-refractivity contribution < 1.29 is 23.8 Å². The first kappa shape index (κ1) is 22.8. The summed E-state index contributed by atoms with van der Waals surface area (Å²) in [5.41, 5.74) is 1.36. The van der Waals surface area contributed by atoms with Gasteiger partial charge in [-0.1, -0.05) is 12.1 Å². The Kier molecular flexibility index (Phi) is 6.98. The number of aromatic nitrogens is 1. The normalized spacial score (nSPS) is 14.2. The maximum atomic E-state index is 12.7. The molecule has 1 aliphatic rings. The number of thiazole rings is 1. The minimum absolute atomic E-state index is 0.0682. The fourth-order valence-electron chi connectivity index (χ4n) is 4.02. The summed E-state index contributed by atoms with van der Waals surface area (Å²) in [5, 5.41) is 3.84. The summed E-state index contributed by atoms with van der Waals surface area (Å²) in [6.07, 6.45) is 1.73. The summed E-state index contributed by atoms with van der Waals surface area (Å²) in [6, 6.07) is 11.3. The number of nitrogens with one attached hydrogen (secondary N) is 1. The average molecular weight is 470 g/mol. The van der Waals surface area contributed by atoms with E-state index in [0.29, 0.717) is 41.8 Å². The van der Waals surface area contributed by atoms with Crippen molar-refractivity contribution in [2.24, 2.45) is 0 Å². The predicted molar refractivity (Wildman–Crippen MR) is 127 cm³/mol. The zero-order chi connectivity index (χ0) is 23.4. The lowest BCUT2D eigenvalue weighted by Crippen LogP contribution is -2.43. The number of hydrogen-bond acceptors (Lipinski definition) is 7. The monoisotopic (exact) mass is 469 g/mol. The fourth-order valence-corrected chi connectivity index (χ4v) is 5.16. The smallest absolute Gasteiger partial charge is 0.251 e. The molecule has 1 fully saturated rings. The summed E-state index contributed by atoms with van der Waals surface area (Å²) >= 11 is 1.73. The van der Waals surface area contributed by atoms with Crippen molar-refractivity contribution in [3.8, 4) is 17.2 Å². The molecule has 9 heteroatoms. The van der Waals surface area contributed by atoms with Gasteiger partial charge in [0.15, 0.2) is 11.5 Å². The fraction of sp³-hybridized carbons (Fsp3) is 0.375. The predicted octanol–water partition coefficient (Wildman–Crippen LogP) is 3.46.